The van der Waals surface area contributed by atoms with Gasteiger partial charge < -0.3 is 5.73 Å². The van der Waals surface area contributed by atoms with Crippen molar-refractivity contribution in [3.63, 3.8) is 0 Å². The SMILES string of the molecule is [B]c1cc([B])c(N)c([B])c1[B]. The first kappa shape index (κ1) is 8.38. The molecule has 44 valence electrons. The third-order valence-corrected chi connectivity index (χ3v) is 1.51. The number of benzene rings is 1. The molecule has 1 rings (SSSR count). The van der Waals surface area contributed by atoms with E-state index in [2.05, 4.69) is 0 Å². The molecular weight excluding hydrogens is 129 g/mol. The molecule has 8 radical (unpaired) electrons. The molecule has 5 heteroatoms. The third-order valence-electron chi connectivity index (χ3n) is 1.51. The highest BCUT2D eigenvalue weighted by Gasteiger charge is 2.01. The molecule has 0 aliphatic carbocycles. The van der Waals surface area contributed by atoms with Gasteiger partial charge in [0.05, 0.1) is 0 Å². The summed E-state index contributed by atoms with van der Waals surface area (Å²) in [5.74, 6) is 0. The second kappa shape index (κ2) is 2.72. The van der Waals surface area contributed by atoms with Gasteiger partial charge in [-0.25, -0.2) is 0 Å². The topological polar surface area (TPSA) is 26.0 Å². The van der Waals surface area contributed by atoms with E-state index in [1.807, 2.05) is 0 Å². The summed E-state index contributed by atoms with van der Waals surface area (Å²) in [6, 6.07) is 1.49. The molecule has 1 nitrogen and oxygen atoms in total. The van der Waals surface area contributed by atoms with Gasteiger partial charge in [-0.15, -0.1) is 10.9 Å². The molecule has 0 fully saturated rings. The van der Waals surface area contributed by atoms with Crippen molar-refractivity contribution < 1.29 is 0 Å². The molecule has 1 aromatic rings. The quantitative estimate of drug-likeness (QED) is 0.287. The number of rotatable bonds is 0. The van der Waals surface area contributed by atoms with Crippen molar-refractivity contribution >= 4 is 58.9 Å². The van der Waals surface area contributed by atoms with Gasteiger partial charge >= 0.3 is 0 Å². The van der Waals surface area contributed by atoms with Crippen LogP contribution in [0.4, 0.5) is 5.69 Å². The van der Waals surface area contributed by atoms with Crippen molar-refractivity contribution in [2.75, 3.05) is 5.73 Å². The zero-order valence-electron chi connectivity index (χ0n) is 5.96. The Bertz CT molecular complexity index is 271. The second-order valence-corrected chi connectivity index (χ2v) is 2.30. The number of nitrogen functional groups attached to an aromatic ring is 1. The van der Waals surface area contributed by atoms with Crippen molar-refractivity contribution in [2.45, 2.75) is 0 Å². The van der Waals surface area contributed by atoms with Crippen molar-refractivity contribution in [1.82, 2.24) is 0 Å². The molecule has 0 atom stereocenters. The Hall–Kier alpha value is -0.720. The van der Waals surface area contributed by atoms with Crippen molar-refractivity contribution in [3.8, 4) is 0 Å². The molecule has 1 aromatic carbocycles. The smallest absolute Gasteiger partial charge is 0.116 e. The summed E-state index contributed by atoms with van der Waals surface area (Å²) in [7, 11) is 21.8. The van der Waals surface area contributed by atoms with Crippen LogP contribution in [0.3, 0.4) is 0 Å². The molecule has 0 aromatic heterocycles. The van der Waals surface area contributed by atoms with Gasteiger partial charge in [0.25, 0.3) is 0 Å². The maximum Gasteiger partial charge on any atom is 0.116 e. The van der Waals surface area contributed by atoms with Crippen LogP contribution in [0.1, 0.15) is 0 Å². The lowest BCUT2D eigenvalue weighted by atomic mass is 9.68. The van der Waals surface area contributed by atoms with E-state index in [4.69, 9.17) is 37.1 Å². The molecule has 0 spiro atoms. The van der Waals surface area contributed by atoms with Crippen LogP contribution < -0.4 is 27.6 Å². The molecule has 2 N–H and O–H groups in total. The van der Waals surface area contributed by atoms with Gasteiger partial charge in [0.1, 0.15) is 31.4 Å². The normalized spacial score (nSPS) is 9.82. The minimum absolute atomic E-state index is 0.252. The number of anilines is 1. The van der Waals surface area contributed by atoms with Gasteiger partial charge in [0, 0.05) is 5.69 Å². The minimum atomic E-state index is 0.252. The Morgan fingerprint density at radius 1 is 0.909 bits per heavy atom. The number of hydrogen-bond donors (Lipinski definition) is 1. The van der Waals surface area contributed by atoms with Crippen LogP contribution >= 0.6 is 0 Å². The first-order chi connectivity index (χ1) is 5.04. The molecule has 0 heterocycles. The van der Waals surface area contributed by atoms with Gasteiger partial charge in [-0.2, -0.15) is 0 Å². The molecular formula is C6H3B4N. The second-order valence-electron chi connectivity index (χ2n) is 2.30. The monoisotopic (exact) mass is 133 g/mol. The summed E-state index contributed by atoms with van der Waals surface area (Å²) in [6.07, 6.45) is 0. The molecule has 0 amide bonds. The van der Waals surface area contributed by atoms with Gasteiger partial charge in [-0.3, -0.25) is 0 Å². The Kier molecular flexibility index (Phi) is 2.08. The summed E-state index contributed by atoms with van der Waals surface area (Å²) in [6.45, 7) is 0. The maximum atomic E-state index is 5.47. The zero-order chi connectivity index (χ0) is 8.59. The van der Waals surface area contributed by atoms with E-state index in [1.165, 1.54) is 6.07 Å². The van der Waals surface area contributed by atoms with Gasteiger partial charge in [0.2, 0.25) is 0 Å². The minimum Gasteiger partial charge on any atom is -0.400 e. The van der Waals surface area contributed by atoms with Crippen LogP contribution in [0, 0.1) is 0 Å². The van der Waals surface area contributed by atoms with E-state index >= 15 is 0 Å². The fourth-order valence-electron chi connectivity index (χ4n) is 0.779. The molecule has 0 saturated heterocycles. The predicted octanol–water partition coefficient (Wildman–Crippen LogP) is -3.56. The van der Waals surface area contributed by atoms with E-state index in [1.54, 1.807) is 0 Å². The largest absolute Gasteiger partial charge is 0.400 e. The molecule has 0 unspecified atom stereocenters. The lowest BCUT2D eigenvalue weighted by Gasteiger charge is -2.12. The van der Waals surface area contributed by atoms with Crippen LogP contribution in [0.15, 0.2) is 6.07 Å². The summed E-state index contributed by atoms with van der Waals surface area (Å²) >= 11 is 0. The highest BCUT2D eigenvalue weighted by atomic mass is 14.6. The standard InChI is InChI=1S/C6H3B4N/c7-2-1-3(8)6(11)5(10)4(2)9/h1H,11H2. The lowest BCUT2D eigenvalue weighted by Crippen LogP contribution is -2.44. The highest BCUT2D eigenvalue weighted by molar-refractivity contribution is 6.60. The highest BCUT2D eigenvalue weighted by Crippen LogP contribution is 1.83. The Morgan fingerprint density at radius 2 is 1.45 bits per heavy atom. The predicted molar refractivity (Wildman–Crippen MR) is 52.4 cm³/mol. The average Bonchev–Trinajstić information content (AvgIpc) is 1.97. The van der Waals surface area contributed by atoms with Gasteiger partial charge in [-0.1, -0.05) is 17.0 Å². The van der Waals surface area contributed by atoms with Crippen molar-refractivity contribution in [2.24, 2.45) is 0 Å². The van der Waals surface area contributed by atoms with Crippen LogP contribution in [0.2, 0.25) is 0 Å². The third kappa shape index (κ3) is 1.32. The molecule has 0 aliphatic rings. The lowest BCUT2D eigenvalue weighted by molar-refractivity contribution is 1.89. The van der Waals surface area contributed by atoms with Crippen LogP contribution in [0.5, 0.6) is 0 Å². The molecule has 0 bridgehead atoms. The zero-order valence-corrected chi connectivity index (χ0v) is 5.96. The van der Waals surface area contributed by atoms with Crippen molar-refractivity contribution in [3.05, 3.63) is 6.07 Å². The maximum absolute atomic E-state index is 5.47. The molecule has 0 saturated carbocycles. The Labute approximate surface area is 71.4 Å². The summed E-state index contributed by atoms with van der Waals surface area (Å²) < 4.78 is 0. The first-order valence-corrected chi connectivity index (χ1v) is 3.02. The van der Waals surface area contributed by atoms with Gasteiger partial charge in [0.15, 0.2) is 0 Å². The number of nitrogens with two attached hydrogens (primary N) is 1. The van der Waals surface area contributed by atoms with E-state index < -0.39 is 0 Å². The number of hydrogen-bond acceptors (Lipinski definition) is 1. The van der Waals surface area contributed by atoms with Crippen LogP contribution in [0.25, 0.3) is 0 Å². The summed E-state index contributed by atoms with van der Waals surface area (Å²) in [5.41, 5.74) is 7.01. The van der Waals surface area contributed by atoms with Crippen molar-refractivity contribution in [1.29, 1.82) is 0 Å². The molecule has 0 aliphatic heterocycles. The molecule has 11 heavy (non-hydrogen) atoms. The van der Waals surface area contributed by atoms with Gasteiger partial charge in [-0.05, 0) is 0 Å². The van der Waals surface area contributed by atoms with E-state index in [0.717, 1.165) is 0 Å². The Morgan fingerprint density at radius 3 is 2.00 bits per heavy atom. The van der Waals surface area contributed by atoms with E-state index in [0.29, 0.717) is 10.9 Å². The fraction of sp³-hybridized carbons (Fsp3) is 0. The summed E-state index contributed by atoms with van der Waals surface area (Å²) in [5, 5.41) is 0. The summed E-state index contributed by atoms with van der Waals surface area (Å²) in [4.78, 5) is 0. The van der Waals surface area contributed by atoms with E-state index in [9.17, 15) is 0 Å². The first-order valence-electron chi connectivity index (χ1n) is 3.02. The van der Waals surface area contributed by atoms with Crippen LogP contribution in [-0.2, 0) is 0 Å². The average molecular weight is 132 g/mol. The Balaban J connectivity index is 3.46. The van der Waals surface area contributed by atoms with E-state index in [-0.39, 0.29) is 16.6 Å². The fourth-order valence-corrected chi connectivity index (χ4v) is 0.779. The van der Waals surface area contributed by atoms with Crippen LogP contribution in [-0.4, -0.2) is 31.4 Å².